The van der Waals surface area contributed by atoms with Gasteiger partial charge in [-0.15, -0.1) is 0 Å². The first kappa shape index (κ1) is 13.0. The molecule has 1 aromatic carbocycles. The van der Waals surface area contributed by atoms with Crippen LogP contribution in [0.25, 0.3) is 0 Å². The number of aryl methyl sites for hydroxylation is 2. The maximum absolute atomic E-state index is 2.40. The van der Waals surface area contributed by atoms with Crippen molar-refractivity contribution in [2.24, 2.45) is 0 Å². The molecular formula is C16H24. The second-order valence-electron chi connectivity index (χ2n) is 4.68. The molecular weight excluding hydrogens is 192 g/mol. The van der Waals surface area contributed by atoms with Gasteiger partial charge in [-0.2, -0.15) is 0 Å². The maximum Gasteiger partial charge on any atom is -0.0276 e. The standard InChI is InChI=1S/C16H24/c1-4-7-14(2)8-5-6-9-16-12-10-15(3)11-13-16/h8,10-13H,4-7,9H2,1-3H3. The smallest absolute Gasteiger partial charge is 0.0276 e. The Labute approximate surface area is 100 Å². The zero-order valence-corrected chi connectivity index (χ0v) is 10.9. The van der Waals surface area contributed by atoms with Crippen LogP contribution in [0.3, 0.4) is 0 Å². The maximum atomic E-state index is 2.40. The summed E-state index contributed by atoms with van der Waals surface area (Å²) in [6.45, 7) is 6.62. The topological polar surface area (TPSA) is 0 Å². The van der Waals surface area contributed by atoms with Gasteiger partial charge in [0.25, 0.3) is 0 Å². The van der Waals surface area contributed by atoms with Crippen molar-refractivity contribution in [2.75, 3.05) is 0 Å². The summed E-state index contributed by atoms with van der Waals surface area (Å²) < 4.78 is 0. The summed E-state index contributed by atoms with van der Waals surface area (Å²) >= 11 is 0. The van der Waals surface area contributed by atoms with Crippen molar-refractivity contribution in [3.63, 3.8) is 0 Å². The molecule has 0 unspecified atom stereocenters. The van der Waals surface area contributed by atoms with E-state index in [-0.39, 0.29) is 0 Å². The molecule has 1 rings (SSSR count). The van der Waals surface area contributed by atoms with E-state index < -0.39 is 0 Å². The molecule has 0 heterocycles. The van der Waals surface area contributed by atoms with Gasteiger partial charge in [-0.25, -0.2) is 0 Å². The lowest BCUT2D eigenvalue weighted by molar-refractivity contribution is 0.822. The molecule has 0 aliphatic carbocycles. The molecule has 0 spiro atoms. The van der Waals surface area contributed by atoms with Gasteiger partial charge in [0.15, 0.2) is 0 Å². The number of hydrogen-bond acceptors (Lipinski definition) is 0. The van der Waals surface area contributed by atoms with Crippen LogP contribution in [-0.4, -0.2) is 0 Å². The number of unbranched alkanes of at least 4 members (excludes halogenated alkanes) is 1. The van der Waals surface area contributed by atoms with E-state index >= 15 is 0 Å². The third kappa shape index (κ3) is 5.16. The van der Waals surface area contributed by atoms with Gasteiger partial charge in [-0.3, -0.25) is 0 Å². The van der Waals surface area contributed by atoms with Crippen molar-refractivity contribution in [3.8, 4) is 0 Å². The van der Waals surface area contributed by atoms with Gasteiger partial charge >= 0.3 is 0 Å². The van der Waals surface area contributed by atoms with Gasteiger partial charge in [0.05, 0.1) is 0 Å². The van der Waals surface area contributed by atoms with Crippen LogP contribution in [0.1, 0.15) is 50.7 Å². The van der Waals surface area contributed by atoms with Gasteiger partial charge in [-0.05, 0) is 45.1 Å². The Kier molecular flexibility index (Phi) is 5.92. The molecule has 0 atom stereocenters. The molecule has 0 bridgehead atoms. The Balaban J connectivity index is 2.25. The van der Waals surface area contributed by atoms with Gasteiger partial charge in [0.1, 0.15) is 0 Å². The number of rotatable bonds is 6. The minimum atomic E-state index is 1.20. The highest BCUT2D eigenvalue weighted by Gasteiger charge is 1.92. The molecule has 16 heavy (non-hydrogen) atoms. The van der Waals surface area contributed by atoms with Crippen LogP contribution in [0.15, 0.2) is 35.9 Å². The normalized spacial score (nSPS) is 11.8. The fourth-order valence-electron chi connectivity index (χ4n) is 1.91. The van der Waals surface area contributed by atoms with Gasteiger partial charge in [0, 0.05) is 0 Å². The Morgan fingerprint density at radius 3 is 2.50 bits per heavy atom. The second-order valence-corrected chi connectivity index (χ2v) is 4.68. The largest absolute Gasteiger partial charge is 0.0856 e. The van der Waals surface area contributed by atoms with E-state index in [1.54, 1.807) is 5.57 Å². The van der Waals surface area contributed by atoms with Crippen molar-refractivity contribution >= 4 is 0 Å². The van der Waals surface area contributed by atoms with Crippen LogP contribution < -0.4 is 0 Å². The number of benzene rings is 1. The fourth-order valence-corrected chi connectivity index (χ4v) is 1.91. The van der Waals surface area contributed by atoms with Crippen molar-refractivity contribution in [1.82, 2.24) is 0 Å². The van der Waals surface area contributed by atoms with Gasteiger partial charge < -0.3 is 0 Å². The van der Waals surface area contributed by atoms with E-state index in [2.05, 4.69) is 51.1 Å². The lowest BCUT2D eigenvalue weighted by atomic mass is 10.0. The first-order chi connectivity index (χ1) is 7.72. The Morgan fingerprint density at radius 2 is 1.88 bits per heavy atom. The van der Waals surface area contributed by atoms with E-state index in [1.165, 1.54) is 43.2 Å². The summed E-state index contributed by atoms with van der Waals surface area (Å²) in [4.78, 5) is 0. The average Bonchev–Trinajstić information content (AvgIpc) is 2.27. The monoisotopic (exact) mass is 216 g/mol. The molecule has 0 aliphatic heterocycles. The molecule has 0 fully saturated rings. The van der Waals surface area contributed by atoms with Crippen LogP contribution in [0.4, 0.5) is 0 Å². The molecule has 0 aliphatic rings. The van der Waals surface area contributed by atoms with E-state index in [4.69, 9.17) is 0 Å². The zero-order valence-electron chi connectivity index (χ0n) is 10.9. The quantitative estimate of drug-likeness (QED) is 0.460. The zero-order chi connectivity index (χ0) is 11.8. The van der Waals surface area contributed by atoms with Crippen LogP contribution in [-0.2, 0) is 6.42 Å². The lowest BCUT2D eigenvalue weighted by Gasteiger charge is -2.01. The summed E-state index contributed by atoms with van der Waals surface area (Å²) in [7, 11) is 0. The van der Waals surface area contributed by atoms with E-state index in [9.17, 15) is 0 Å². The van der Waals surface area contributed by atoms with Crippen molar-refractivity contribution < 1.29 is 0 Å². The lowest BCUT2D eigenvalue weighted by Crippen LogP contribution is -1.85. The summed E-state index contributed by atoms with van der Waals surface area (Å²) in [5, 5.41) is 0. The first-order valence-corrected chi connectivity index (χ1v) is 6.43. The summed E-state index contributed by atoms with van der Waals surface area (Å²) in [5.41, 5.74) is 4.36. The summed E-state index contributed by atoms with van der Waals surface area (Å²) in [6, 6.07) is 8.90. The van der Waals surface area contributed by atoms with Crippen molar-refractivity contribution in [1.29, 1.82) is 0 Å². The summed E-state index contributed by atoms with van der Waals surface area (Å²) in [5.74, 6) is 0. The van der Waals surface area contributed by atoms with E-state index in [1.807, 2.05) is 0 Å². The Morgan fingerprint density at radius 1 is 1.19 bits per heavy atom. The van der Waals surface area contributed by atoms with Gasteiger partial charge in [0.2, 0.25) is 0 Å². The predicted molar refractivity (Wildman–Crippen MR) is 72.8 cm³/mol. The molecule has 0 saturated heterocycles. The minimum absolute atomic E-state index is 1.20. The van der Waals surface area contributed by atoms with Crippen LogP contribution in [0, 0.1) is 6.92 Å². The van der Waals surface area contributed by atoms with Crippen molar-refractivity contribution in [3.05, 3.63) is 47.0 Å². The molecule has 88 valence electrons. The highest BCUT2D eigenvalue weighted by Crippen LogP contribution is 2.10. The molecule has 0 saturated carbocycles. The SMILES string of the molecule is CCCC(C)=CCCCc1ccc(C)cc1. The van der Waals surface area contributed by atoms with Gasteiger partial charge in [-0.1, -0.05) is 54.8 Å². The third-order valence-electron chi connectivity index (χ3n) is 2.93. The molecule has 1 aromatic rings. The Bertz CT molecular complexity index is 316. The van der Waals surface area contributed by atoms with Crippen LogP contribution in [0.5, 0.6) is 0 Å². The van der Waals surface area contributed by atoms with Crippen molar-refractivity contribution in [2.45, 2.75) is 52.9 Å². The average molecular weight is 216 g/mol. The second kappa shape index (κ2) is 7.27. The van der Waals surface area contributed by atoms with E-state index in [0.29, 0.717) is 0 Å². The summed E-state index contributed by atoms with van der Waals surface area (Å²) in [6.07, 6.45) is 8.61. The third-order valence-corrected chi connectivity index (χ3v) is 2.93. The molecule has 0 radical (unpaired) electrons. The first-order valence-electron chi connectivity index (χ1n) is 6.43. The van der Waals surface area contributed by atoms with E-state index in [0.717, 1.165) is 0 Å². The number of hydrogen-bond donors (Lipinski definition) is 0. The molecule has 0 aromatic heterocycles. The minimum Gasteiger partial charge on any atom is -0.0856 e. The Hall–Kier alpha value is -1.04. The number of allylic oxidation sites excluding steroid dienone is 2. The molecule has 0 amide bonds. The molecule has 0 nitrogen and oxygen atoms in total. The van der Waals surface area contributed by atoms with Crippen LogP contribution >= 0.6 is 0 Å². The highest BCUT2D eigenvalue weighted by atomic mass is 14.0. The van der Waals surface area contributed by atoms with Crippen LogP contribution in [0.2, 0.25) is 0 Å². The highest BCUT2D eigenvalue weighted by molar-refractivity contribution is 5.21. The molecule has 0 heteroatoms. The predicted octanol–water partition coefficient (Wildman–Crippen LogP) is 5.06. The fraction of sp³-hybridized carbons (Fsp3) is 0.500. The molecule has 0 N–H and O–H groups in total.